The van der Waals surface area contributed by atoms with Crippen molar-refractivity contribution in [3.8, 4) is 0 Å². The third-order valence-electron chi connectivity index (χ3n) is 17.6. The first-order valence-corrected chi connectivity index (χ1v) is 42.2. The van der Waals surface area contributed by atoms with Crippen molar-refractivity contribution >= 4 is 39.5 Å². The molecule has 566 valence electrons. The van der Waals surface area contributed by atoms with Crippen LogP contribution >= 0.6 is 15.6 Å². The van der Waals surface area contributed by atoms with Gasteiger partial charge in [-0.15, -0.1) is 0 Å². The van der Waals surface area contributed by atoms with E-state index in [1.165, 1.54) is 161 Å². The smallest absolute Gasteiger partial charge is 0.462 e. The van der Waals surface area contributed by atoms with Crippen LogP contribution in [0.15, 0.2) is 24.3 Å². The fourth-order valence-corrected chi connectivity index (χ4v) is 12.8. The molecule has 3 N–H and O–H groups in total. The van der Waals surface area contributed by atoms with Gasteiger partial charge in [-0.2, -0.15) is 0 Å². The molecule has 0 fully saturated rings. The maximum absolute atomic E-state index is 13.1. The number of esters is 4. The highest BCUT2D eigenvalue weighted by Crippen LogP contribution is 2.45. The minimum Gasteiger partial charge on any atom is -0.462 e. The van der Waals surface area contributed by atoms with E-state index in [-0.39, 0.29) is 25.7 Å². The Balaban J connectivity index is 5.28. The summed E-state index contributed by atoms with van der Waals surface area (Å²) in [7, 11) is -9.93. The van der Waals surface area contributed by atoms with E-state index in [1.807, 2.05) is 0 Å². The summed E-state index contributed by atoms with van der Waals surface area (Å²) < 4.78 is 68.5. The number of phosphoric acid groups is 2. The third-order valence-corrected chi connectivity index (χ3v) is 19.5. The molecule has 0 aliphatic heterocycles. The highest BCUT2D eigenvalue weighted by atomic mass is 31.2. The molecule has 0 rings (SSSR count). The van der Waals surface area contributed by atoms with Crippen LogP contribution in [0, 0.1) is 17.8 Å². The molecule has 4 unspecified atom stereocenters. The van der Waals surface area contributed by atoms with E-state index in [4.69, 9.17) is 37.0 Å². The van der Waals surface area contributed by atoms with Crippen molar-refractivity contribution in [1.29, 1.82) is 0 Å². The van der Waals surface area contributed by atoms with Crippen molar-refractivity contribution in [3.63, 3.8) is 0 Å². The fourth-order valence-electron chi connectivity index (χ4n) is 11.2. The van der Waals surface area contributed by atoms with Crippen LogP contribution in [0.1, 0.15) is 370 Å². The van der Waals surface area contributed by atoms with Gasteiger partial charge >= 0.3 is 39.5 Å². The van der Waals surface area contributed by atoms with Crippen molar-refractivity contribution in [2.45, 2.75) is 388 Å². The molecule has 0 amide bonds. The molecule has 0 saturated carbocycles. The van der Waals surface area contributed by atoms with Crippen molar-refractivity contribution in [2.75, 3.05) is 39.6 Å². The first-order valence-electron chi connectivity index (χ1n) is 39.2. The monoisotopic (exact) mass is 1410 g/mol. The molecule has 0 heterocycles. The first-order chi connectivity index (χ1) is 46.3. The molecule has 0 spiro atoms. The Bertz CT molecular complexity index is 1970. The number of unbranched alkanes of at least 4 members (excludes halogenated alkanes) is 37. The van der Waals surface area contributed by atoms with Gasteiger partial charge in [0.15, 0.2) is 12.2 Å². The van der Waals surface area contributed by atoms with Crippen LogP contribution < -0.4 is 0 Å². The van der Waals surface area contributed by atoms with Gasteiger partial charge in [-0.05, 0) is 69.1 Å². The minimum atomic E-state index is -4.96. The second-order valence-electron chi connectivity index (χ2n) is 28.3. The zero-order valence-electron chi connectivity index (χ0n) is 62.3. The second-order valence-corrected chi connectivity index (χ2v) is 31.2. The van der Waals surface area contributed by atoms with Gasteiger partial charge in [-0.25, -0.2) is 9.13 Å². The number of phosphoric ester groups is 2. The Labute approximate surface area is 586 Å². The largest absolute Gasteiger partial charge is 0.472 e. The van der Waals surface area contributed by atoms with Crippen LogP contribution in [0.25, 0.3) is 0 Å². The van der Waals surface area contributed by atoms with Crippen LogP contribution in [0.3, 0.4) is 0 Å². The standard InChI is InChI=1S/C77H146O17P2/c1-8-10-11-12-13-14-15-16-17-22-25-31-38-46-53-60-76(81)94-73(65-88-75(80)59-52-45-40-33-35-42-49-56-69(5)6)67-92-96(85,86)90-63-71(78)62-89-95(83,84)91-66-72(93-77(82)61-54-47-39-32-27-26-29-36-43-50-57-70(7)9-2)64-87-74(79)58-51-44-37-30-24-21-19-18-20-23-28-34-41-48-55-68(3)4/h14-17,68-73,78H,8-13,18-67H2,1-7H3,(H,83,84)(H,85,86)/b15-14-,17-16-/t70?,71?,72-,73-/m1/s1. The number of hydrogen-bond acceptors (Lipinski definition) is 15. The van der Waals surface area contributed by atoms with E-state index in [0.717, 1.165) is 121 Å². The molecular weight excluding hydrogens is 1260 g/mol. The molecule has 96 heavy (non-hydrogen) atoms. The summed E-state index contributed by atoms with van der Waals surface area (Å²) in [6.45, 7) is 11.8. The van der Waals surface area contributed by atoms with Crippen LogP contribution in [0.2, 0.25) is 0 Å². The van der Waals surface area contributed by atoms with Crippen molar-refractivity contribution in [3.05, 3.63) is 24.3 Å². The maximum Gasteiger partial charge on any atom is 0.472 e. The highest BCUT2D eigenvalue weighted by molar-refractivity contribution is 7.47. The summed E-state index contributed by atoms with van der Waals surface area (Å²) in [6, 6.07) is 0. The Morgan fingerprint density at radius 2 is 0.615 bits per heavy atom. The highest BCUT2D eigenvalue weighted by Gasteiger charge is 2.30. The van der Waals surface area contributed by atoms with Gasteiger partial charge in [0.2, 0.25) is 0 Å². The number of aliphatic hydroxyl groups excluding tert-OH is 1. The van der Waals surface area contributed by atoms with Crippen molar-refractivity contribution in [1.82, 2.24) is 0 Å². The second kappa shape index (κ2) is 67.1. The molecule has 0 aromatic rings. The Morgan fingerprint density at radius 1 is 0.344 bits per heavy atom. The number of rotatable bonds is 73. The van der Waals surface area contributed by atoms with Crippen molar-refractivity contribution in [2.24, 2.45) is 17.8 Å². The fraction of sp³-hybridized carbons (Fsp3) is 0.896. The quantitative estimate of drug-likeness (QED) is 0.0169. The number of aliphatic hydroxyl groups is 1. The van der Waals surface area contributed by atoms with Gasteiger partial charge in [-0.1, -0.05) is 317 Å². The lowest BCUT2D eigenvalue weighted by Gasteiger charge is -2.21. The first kappa shape index (κ1) is 93.5. The SMILES string of the molecule is CCCCCC/C=C\C=C/CCCCCCCC(=O)O[C@H](COC(=O)CCCCCCCCCC(C)C)COP(=O)(O)OCC(O)COP(=O)(O)OC[C@@H](COC(=O)CCCCCCCCCCCCCCCCC(C)C)OC(=O)CCCCCCCCCCCCC(C)CC. The summed E-state index contributed by atoms with van der Waals surface area (Å²) in [5.74, 6) is 0.153. The summed E-state index contributed by atoms with van der Waals surface area (Å²) in [5, 5.41) is 10.6. The van der Waals surface area contributed by atoms with E-state index < -0.39 is 97.5 Å². The molecule has 19 heteroatoms. The molecular formula is C77H146O17P2. The van der Waals surface area contributed by atoms with E-state index in [9.17, 15) is 43.2 Å². The zero-order chi connectivity index (χ0) is 70.9. The summed E-state index contributed by atoms with van der Waals surface area (Å²) >= 11 is 0. The van der Waals surface area contributed by atoms with E-state index in [0.29, 0.717) is 31.6 Å². The Hall–Kier alpha value is -2.46. The van der Waals surface area contributed by atoms with Gasteiger partial charge in [-0.3, -0.25) is 37.3 Å². The average Bonchev–Trinajstić information content (AvgIpc) is 1.51. The van der Waals surface area contributed by atoms with Crippen LogP contribution in [-0.2, 0) is 65.4 Å². The van der Waals surface area contributed by atoms with Gasteiger partial charge in [0.1, 0.15) is 19.3 Å². The normalized spacial score (nSPS) is 14.5. The molecule has 17 nitrogen and oxygen atoms in total. The maximum atomic E-state index is 13.1. The Morgan fingerprint density at radius 3 is 0.927 bits per heavy atom. The van der Waals surface area contributed by atoms with E-state index in [2.05, 4.69) is 72.8 Å². The van der Waals surface area contributed by atoms with Gasteiger partial charge in [0, 0.05) is 25.7 Å². The van der Waals surface area contributed by atoms with E-state index >= 15 is 0 Å². The minimum absolute atomic E-state index is 0.0840. The topological polar surface area (TPSA) is 237 Å². The lowest BCUT2D eigenvalue weighted by molar-refractivity contribution is -0.161. The predicted molar refractivity (Wildman–Crippen MR) is 390 cm³/mol. The third kappa shape index (κ3) is 68.7. The van der Waals surface area contributed by atoms with Gasteiger partial charge in [0.25, 0.3) is 0 Å². The van der Waals surface area contributed by atoms with Crippen molar-refractivity contribution < 1.29 is 80.2 Å². The average molecular weight is 1410 g/mol. The number of ether oxygens (including phenoxy) is 4. The molecule has 0 aliphatic carbocycles. The number of allylic oxidation sites excluding steroid dienone is 4. The zero-order valence-corrected chi connectivity index (χ0v) is 64.1. The van der Waals surface area contributed by atoms with Crippen LogP contribution in [0.5, 0.6) is 0 Å². The lowest BCUT2D eigenvalue weighted by Crippen LogP contribution is -2.30. The summed E-state index contributed by atoms with van der Waals surface area (Å²) in [5.41, 5.74) is 0. The Kier molecular flexibility index (Phi) is 65.3. The van der Waals surface area contributed by atoms with Gasteiger partial charge in [0.05, 0.1) is 26.4 Å². The molecule has 0 aromatic carbocycles. The molecule has 0 aliphatic rings. The summed E-state index contributed by atoms with van der Waals surface area (Å²) in [6.07, 6.45) is 56.3. The lowest BCUT2D eigenvalue weighted by atomic mass is 9.99. The van der Waals surface area contributed by atoms with E-state index in [1.54, 1.807) is 0 Å². The van der Waals surface area contributed by atoms with Gasteiger partial charge < -0.3 is 33.8 Å². The predicted octanol–water partition coefficient (Wildman–Crippen LogP) is 22.1. The number of carbonyl (C=O) groups is 4. The molecule has 0 radical (unpaired) electrons. The van der Waals surface area contributed by atoms with Crippen LogP contribution in [0.4, 0.5) is 0 Å². The molecule has 0 saturated heterocycles. The summed E-state index contributed by atoms with van der Waals surface area (Å²) in [4.78, 5) is 72.8. The number of hydrogen-bond donors (Lipinski definition) is 3. The molecule has 0 aromatic heterocycles. The molecule has 6 atom stereocenters. The molecule has 0 bridgehead atoms. The van der Waals surface area contributed by atoms with Crippen LogP contribution in [-0.4, -0.2) is 96.7 Å². The number of carbonyl (C=O) groups excluding carboxylic acids is 4.